The minimum absolute atomic E-state index is 0.324. The molecule has 0 bridgehead atoms. The molecule has 6 heteroatoms. The number of hydrogen-bond donors (Lipinski definition) is 1. The first-order valence-electron chi connectivity index (χ1n) is 9.65. The Morgan fingerprint density at radius 3 is 2.59 bits per heavy atom. The third-order valence-electron chi connectivity index (χ3n) is 5.08. The zero-order chi connectivity index (χ0) is 20.3. The van der Waals surface area contributed by atoms with Crippen molar-refractivity contribution >= 4 is 22.5 Å². The van der Waals surface area contributed by atoms with Crippen LogP contribution in [0.25, 0.3) is 10.8 Å². The van der Waals surface area contributed by atoms with Gasteiger partial charge < -0.3 is 10.1 Å². The topological polar surface area (TPSA) is 21.3 Å². The first-order chi connectivity index (χ1) is 14.0. The lowest BCUT2D eigenvalue weighted by Gasteiger charge is -2.15. The Hall–Kier alpha value is -2.18. The summed E-state index contributed by atoms with van der Waals surface area (Å²) in [5, 5.41) is 6.14. The Balaban J connectivity index is 1.47. The highest BCUT2D eigenvalue weighted by atomic mass is 32.2. The van der Waals surface area contributed by atoms with E-state index in [0.717, 1.165) is 35.9 Å². The smallest absolute Gasteiger partial charge is 0.416 e. The van der Waals surface area contributed by atoms with E-state index in [1.807, 2.05) is 36.0 Å². The summed E-state index contributed by atoms with van der Waals surface area (Å²) in [6.07, 6.45) is -2.95. The number of alkyl halides is 3. The summed E-state index contributed by atoms with van der Waals surface area (Å²) >= 11 is 1.94. The molecule has 0 spiro atoms. The zero-order valence-corrected chi connectivity index (χ0v) is 16.7. The second-order valence-corrected chi connectivity index (χ2v) is 8.39. The van der Waals surface area contributed by atoms with Gasteiger partial charge in [0, 0.05) is 24.1 Å². The molecule has 1 N–H and O–H groups in total. The van der Waals surface area contributed by atoms with Crippen LogP contribution in [0, 0.1) is 0 Å². The standard InChI is InChI=1S/C23H22F3NOS/c24-23(25,26)18-5-3-4-16(14-18)10-12-28-21-9-8-17(15-22-27-11-13-29-22)19-6-1-2-7-20(19)21/h1-9,14,22,27H,10-13,15H2. The lowest BCUT2D eigenvalue weighted by molar-refractivity contribution is -0.137. The van der Waals surface area contributed by atoms with Crippen molar-refractivity contribution in [3.8, 4) is 5.75 Å². The van der Waals surface area contributed by atoms with Gasteiger partial charge >= 0.3 is 6.18 Å². The fourth-order valence-corrected chi connectivity index (χ4v) is 4.68. The van der Waals surface area contributed by atoms with Gasteiger partial charge in [-0.05, 0) is 35.1 Å². The number of fused-ring (bicyclic) bond motifs is 1. The Morgan fingerprint density at radius 2 is 1.83 bits per heavy atom. The molecule has 0 aromatic heterocycles. The molecule has 0 saturated carbocycles. The van der Waals surface area contributed by atoms with Crippen LogP contribution in [0.4, 0.5) is 13.2 Å². The summed E-state index contributed by atoms with van der Waals surface area (Å²) in [4.78, 5) is 0. The minimum Gasteiger partial charge on any atom is -0.493 e. The van der Waals surface area contributed by atoms with Crippen LogP contribution in [0.5, 0.6) is 5.75 Å². The van der Waals surface area contributed by atoms with Gasteiger partial charge in [0.05, 0.1) is 17.5 Å². The second-order valence-electron chi connectivity index (χ2n) is 7.08. The largest absolute Gasteiger partial charge is 0.493 e. The molecule has 2 nitrogen and oxygen atoms in total. The van der Waals surface area contributed by atoms with E-state index in [4.69, 9.17) is 4.74 Å². The average molecular weight is 417 g/mol. The van der Waals surface area contributed by atoms with Gasteiger partial charge in [0.2, 0.25) is 0 Å². The van der Waals surface area contributed by atoms with Gasteiger partial charge in [0.25, 0.3) is 0 Å². The zero-order valence-electron chi connectivity index (χ0n) is 15.8. The third-order valence-corrected chi connectivity index (χ3v) is 6.25. The lowest BCUT2D eigenvalue weighted by Crippen LogP contribution is -2.21. The summed E-state index contributed by atoms with van der Waals surface area (Å²) in [6, 6.07) is 17.6. The van der Waals surface area contributed by atoms with Crippen LogP contribution < -0.4 is 10.1 Å². The predicted molar refractivity (Wildman–Crippen MR) is 113 cm³/mol. The average Bonchev–Trinajstić information content (AvgIpc) is 3.22. The molecule has 1 heterocycles. The van der Waals surface area contributed by atoms with Gasteiger partial charge in [-0.15, -0.1) is 11.8 Å². The molecule has 1 atom stereocenters. The van der Waals surface area contributed by atoms with Crippen LogP contribution in [0.1, 0.15) is 16.7 Å². The van der Waals surface area contributed by atoms with Crippen LogP contribution in [-0.2, 0) is 19.0 Å². The predicted octanol–water partition coefficient (Wildman–Crippen LogP) is 5.69. The van der Waals surface area contributed by atoms with E-state index in [-0.39, 0.29) is 0 Å². The van der Waals surface area contributed by atoms with E-state index >= 15 is 0 Å². The maximum atomic E-state index is 12.9. The van der Waals surface area contributed by atoms with Crippen molar-refractivity contribution < 1.29 is 17.9 Å². The third kappa shape index (κ3) is 4.87. The Labute approximate surface area is 172 Å². The van der Waals surface area contributed by atoms with Gasteiger partial charge in [-0.1, -0.05) is 48.5 Å². The van der Waals surface area contributed by atoms with Crippen LogP contribution in [0.3, 0.4) is 0 Å². The molecule has 4 rings (SSSR count). The Bertz CT molecular complexity index is 983. The maximum absolute atomic E-state index is 12.9. The molecular formula is C23H22F3NOS. The molecule has 1 unspecified atom stereocenters. The molecule has 0 radical (unpaired) electrons. The summed E-state index contributed by atoms with van der Waals surface area (Å²) in [5.41, 5.74) is 1.27. The lowest BCUT2D eigenvalue weighted by atomic mass is 10.0. The number of halogens is 3. The van der Waals surface area contributed by atoms with E-state index in [0.29, 0.717) is 24.0 Å². The molecule has 1 aliphatic heterocycles. The van der Waals surface area contributed by atoms with Crippen LogP contribution >= 0.6 is 11.8 Å². The molecule has 0 amide bonds. The van der Waals surface area contributed by atoms with Gasteiger partial charge in [-0.3, -0.25) is 0 Å². The Kier molecular flexibility index (Phi) is 6.01. The minimum atomic E-state index is -4.32. The van der Waals surface area contributed by atoms with E-state index in [2.05, 4.69) is 17.4 Å². The van der Waals surface area contributed by atoms with E-state index < -0.39 is 11.7 Å². The molecule has 29 heavy (non-hydrogen) atoms. The number of nitrogens with one attached hydrogen (secondary N) is 1. The first kappa shape index (κ1) is 20.1. The van der Waals surface area contributed by atoms with Crippen molar-refractivity contribution in [2.24, 2.45) is 0 Å². The first-order valence-corrected chi connectivity index (χ1v) is 10.7. The Morgan fingerprint density at radius 1 is 1.00 bits per heavy atom. The number of thioether (sulfide) groups is 1. The van der Waals surface area contributed by atoms with Crippen LogP contribution in [-0.4, -0.2) is 24.3 Å². The summed E-state index contributed by atoms with van der Waals surface area (Å²) in [5.74, 6) is 1.91. The van der Waals surface area contributed by atoms with Gasteiger partial charge in [0.1, 0.15) is 5.75 Å². The van der Waals surface area contributed by atoms with Crippen molar-refractivity contribution in [3.63, 3.8) is 0 Å². The molecule has 1 saturated heterocycles. The van der Waals surface area contributed by atoms with Crippen LogP contribution in [0.2, 0.25) is 0 Å². The highest BCUT2D eigenvalue weighted by Gasteiger charge is 2.30. The highest BCUT2D eigenvalue weighted by molar-refractivity contribution is 8.00. The van der Waals surface area contributed by atoms with E-state index in [1.54, 1.807) is 6.07 Å². The molecule has 0 aliphatic carbocycles. The van der Waals surface area contributed by atoms with E-state index in [1.165, 1.54) is 23.1 Å². The van der Waals surface area contributed by atoms with Crippen LogP contribution in [0.15, 0.2) is 60.7 Å². The van der Waals surface area contributed by atoms with Crippen molar-refractivity contribution in [1.29, 1.82) is 0 Å². The number of ether oxygens (including phenoxy) is 1. The monoisotopic (exact) mass is 417 g/mol. The summed E-state index contributed by atoms with van der Waals surface area (Å²) in [7, 11) is 0. The highest BCUT2D eigenvalue weighted by Crippen LogP contribution is 2.32. The number of rotatable bonds is 6. The maximum Gasteiger partial charge on any atom is 0.416 e. The normalized spacial score (nSPS) is 17.0. The van der Waals surface area contributed by atoms with Crippen molar-refractivity contribution in [3.05, 3.63) is 77.4 Å². The van der Waals surface area contributed by atoms with Crippen molar-refractivity contribution in [2.45, 2.75) is 24.4 Å². The number of benzene rings is 3. The molecular weight excluding hydrogens is 395 g/mol. The van der Waals surface area contributed by atoms with Gasteiger partial charge in [-0.2, -0.15) is 13.2 Å². The quantitative estimate of drug-likeness (QED) is 0.557. The summed E-state index contributed by atoms with van der Waals surface area (Å²) in [6.45, 7) is 1.37. The van der Waals surface area contributed by atoms with E-state index in [9.17, 15) is 13.2 Å². The van der Waals surface area contributed by atoms with Crippen molar-refractivity contribution in [2.75, 3.05) is 18.9 Å². The molecule has 3 aromatic carbocycles. The second kappa shape index (κ2) is 8.67. The fraction of sp³-hybridized carbons (Fsp3) is 0.304. The number of hydrogen-bond acceptors (Lipinski definition) is 3. The molecule has 3 aromatic rings. The van der Waals surface area contributed by atoms with Gasteiger partial charge in [-0.25, -0.2) is 0 Å². The summed E-state index contributed by atoms with van der Waals surface area (Å²) < 4.78 is 44.6. The SMILES string of the molecule is FC(F)(F)c1cccc(CCOc2ccc(CC3NCCS3)c3ccccc23)c1. The molecule has 1 fully saturated rings. The molecule has 1 aliphatic rings. The fourth-order valence-electron chi connectivity index (χ4n) is 3.63. The molecule has 152 valence electrons. The van der Waals surface area contributed by atoms with Gasteiger partial charge in [0.15, 0.2) is 0 Å². The van der Waals surface area contributed by atoms with Crippen molar-refractivity contribution in [1.82, 2.24) is 5.32 Å².